The van der Waals surface area contributed by atoms with Gasteiger partial charge in [-0.25, -0.2) is 0 Å². The molecule has 0 saturated heterocycles. The Kier molecular flexibility index (Phi) is 4.44. The van der Waals surface area contributed by atoms with E-state index < -0.39 is 4.92 Å². The van der Waals surface area contributed by atoms with Crippen LogP contribution in [0.25, 0.3) is 0 Å². The fourth-order valence-electron chi connectivity index (χ4n) is 1.37. The first kappa shape index (κ1) is 12.2. The van der Waals surface area contributed by atoms with Crippen molar-refractivity contribution in [1.29, 1.82) is 0 Å². The van der Waals surface area contributed by atoms with E-state index in [4.69, 9.17) is 5.21 Å². The van der Waals surface area contributed by atoms with Crippen LogP contribution in [0, 0.1) is 10.1 Å². The molecule has 5 heteroatoms. The van der Waals surface area contributed by atoms with Crippen molar-refractivity contribution in [3.63, 3.8) is 0 Å². The number of benzene rings is 1. The summed E-state index contributed by atoms with van der Waals surface area (Å²) in [5, 5.41) is 22.5. The number of rotatable bonds is 5. The summed E-state index contributed by atoms with van der Waals surface area (Å²) in [6.45, 7) is 2.05. The Labute approximate surface area is 93.6 Å². The van der Waals surface area contributed by atoms with E-state index >= 15 is 0 Å². The molecule has 1 rings (SSSR count). The highest BCUT2D eigenvalue weighted by atomic mass is 16.6. The van der Waals surface area contributed by atoms with Crippen molar-refractivity contribution < 1.29 is 10.1 Å². The molecule has 0 aliphatic carbocycles. The maximum atomic E-state index is 10.4. The van der Waals surface area contributed by atoms with Gasteiger partial charge in [0.25, 0.3) is 5.69 Å². The van der Waals surface area contributed by atoms with E-state index in [2.05, 4.69) is 5.16 Å². The van der Waals surface area contributed by atoms with E-state index in [9.17, 15) is 10.1 Å². The van der Waals surface area contributed by atoms with Crippen LogP contribution in [0.3, 0.4) is 0 Å². The molecular formula is C11H14N2O3. The highest BCUT2D eigenvalue weighted by Gasteiger charge is 2.08. The van der Waals surface area contributed by atoms with Gasteiger partial charge in [-0.2, -0.15) is 0 Å². The predicted molar refractivity (Wildman–Crippen MR) is 60.9 cm³/mol. The van der Waals surface area contributed by atoms with Crippen molar-refractivity contribution in [3.05, 3.63) is 39.9 Å². The Balaban J connectivity index is 2.83. The number of oxime groups is 1. The molecule has 0 radical (unpaired) electrons. The van der Waals surface area contributed by atoms with Gasteiger partial charge < -0.3 is 5.21 Å². The van der Waals surface area contributed by atoms with Gasteiger partial charge in [0, 0.05) is 12.1 Å². The van der Waals surface area contributed by atoms with Gasteiger partial charge in [-0.05, 0) is 30.5 Å². The quantitative estimate of drug-likeness (QED) is 0.360. The van der Waals surface area contributed by atoms with Crippen molar-refractivity contribution >= 4 is 11.4 Å². The van der Waals surface area contributed by atoms with Crippen molar-refractivity contribution in [3.8, 4) is 0 Å². The normalized spacial score (nSPS) is 11.4. The van der Waals surface area contributed by atoms with Crippen LogP contribution in [0.15, 0.2) is 29.4 Å². The van der Waals surface area contributed by atoms with Gasteiger partial charge in [-0.1, -0.05) is 18.5 Å². The number of hydrogen-bond donors (Lipinski definition) is 1. The largest absolute Gasteiger partial charge is 0.411 e. The first-order valence-electron chi connectivity index (χ1n) is 5.14. The molecule has 0 fully saturated rings. The minimum absolute atomic E-state index is 0.0385. The second kappa shape index (κ2) is 5.85. The second-order valence-corrected chi connectivity index (χ2v) is 3.45. The molecule has 0 heterocycles. The van der Waals surface area contributed by atoms with Gasteiger partial charge in [0.1, 0.15) is 0 Å². The summed E-state index contributed by atoms with van der Waals surface area (Å²) in [5.41, 5.74) is 1.33. The molecule has 0 aliphatic heterocycles. The Morgan fingerprint density at radius 3 is 2.50 bits per heavy atom. The minimum Gasteiger partial charge on any atom is -0.411 e. The molecule has 0 aliphatic rings. The van der Waals surface area contributed by atoms with Crippen LogP contribution >= 0.6 is 0 Å². The lowest BCUT2D eigenvalue weighted by molar-refractivity contribution is -0.384. The Hall–Kier alpha value is -1.91. The van der Waals surface area contributed by atoms with Crippen LogP contribution in [-0.2, 0) is 0 Å². The summed E-state index contributed by atoms with van der Waals surface area (Å²) < 4.78 is 0. The molecule has 0 bridgehead atoms. The number of nitrogens with zero attached hydrogens (tertiary/aromatic N) is 2. The topological polar surface area (TPSA) is 75.7 Å². The number of nitro groups is 1. The third-order valence-electron chi connectivity index (χ3n) is 2.30. The summed E-state index contributed by atoms with van der Waals surface area (Å²) in [5.74, 6) is 0. The monoisotopic (exact) mass is 222 g/mol. The first-order chi connectivity index (χ1) is 7.69. The summed E-state index contributed by atoms with van der Waals surface area (Å²) in [4.78, 5) is 10.00. The lowest BCUT2D eigenvalue weighted by Gasteiger charge is -2.03. The molecule has 0 amide bonds. The molecule has 5 nitrogen and oxygen atoms in total. The number of hydrogen-bond acceptors (Lipinski definition) is 4. The molecule has 0 atom stereocenters. The maximum absolute atomic E-state index is 10.4. The number of non-ortho nitro benzene ring substituents is 1. The zero-order valence-corrected chi connectivity index (χ0v) is 9.09. The van der Waals surface area contributed by atoms with Crippen molar-refractivity contribution in [1.82, 2.24) is 0 Å². The molecule has 0 unspecified atom stereocenters. The zero-order chi connectivity index (χ0) is 12.0. The summed E-state index contributed by atoms with van der Waals surface area (Å²) >= 11 is 0. The molecule has 0 spiro atoms. The van der Waals surface area contributed by atoms with Crippen LogP contribution in [0.1, 0.15) is 31.7 Å². The zero-order valence-electron chi connectivity index (χ0n) is 9.09. The Bertz CT molecular complexity index is 385. The van der Waals surface area contributed by atoms with E-state index in [1.54, 1.807) is 12.1 Å². The molecule has 86 valence electrons. The van der Waals surface area contributed by atoms with Crippen LogP contribution < -0.4 is 0 Å². The highest BCUT2D eigenvalue weighted by Crippen LogP contribution is 2.14. The lowest BCUT2D eigenvalue weighted by atomic mass is 10.0. The van der Waals surface area contributed by atoms with Gasteiger partial charge in [0.15, 0.2) is 0 Å². The van der Waals surface area contributed by atoms with Gasteiger partial charge in [0.2, 0.25) is 0 Å². The van der Waals surface area contributed by atoms with E-state index in [0.717, 1.165) is 18.4 Å². The van der Waals surface area contributed by atoms with Gasteiger partial charge in [-0.3, -0.25) is 10.1 Å². The smallest absolute Gasteiger partial charge is 0.269 e. The van der Waals surface area contributed by atoms with E-state index in [0.29, 0.717) is 12.1 Å². The van der Waals surface area contributed by atoms with Gasteiger partial charge >= 0.3 is 0 Å². The first-order valence-corrected chi connectivity index (χ1v) is 5.14. The SMILES string of the molecule is CCCCC(=NO)c1ccc([N+](=O)[O-])cc1. The Morgan fingerprint density at radius 1 is 1.44 bits per heavy atom. The van der Waals surface area contributed by atoms with Crippen LogP contribution in [0.4, 0.5) is 5.69 Å². The van der Waals surface area contributed by atoms with Gasteiger partial charge in [0.05, 0.1) is 10.6 Å². The van der Waals surface area contributed by atoms with Crippen molar-refractivity contribution in [2.24, 2.45) is 5.16 Å². The molecule has 0 aromatic heterocycles. The highest BCUT2D eigenvalue weighted by molar-refractivity contribution is 6.00. The summed E-state index contributed by atoms with van der Waals surface area (Å²) in [7, 11) is 0. The molecule has 1 aromatic rings. The van der Waals surface area contributed by atoms with E-state index in [1.165, 1.54) is 12.1 Å². The van der Waals surface area contributed by atoms with Crippen LogP contribution in [-0.4, -0.2) is 15.8 Å². The van der Waals surface area contributed by atoms with E-state index in [1.807, 2.05) is 6.92 Å². The second-order valence-electron chi connectivity index (χ2n) is 3.45. The van der Waals surface area contributed by atoms with Gasteiger partial charge in [-0.15, -0.1) is 0 Å². The van der Waals surface area contributed by atoms with Crippen LogP contribution in [0.2, 0.25) is 0 Å². The molecule has 0 saturated carbocycles. The summed E-state index contributed by atoms with van der Waals surface area (Å²) in [6.07, 6.45) is 2.60. The predicted octanol–water partition coefficient (Wildman–Crippen LogP) is 2.96. The van der Waals surface area contributed by atoms with Crippen molar-refractivity contribution in [2.45, 2.75) is 26.2 Å². The Morgan fingerprint density at radius 2 is 2.06 bits per heavy atom. The number of nitro benzene ring substituents is 1. The average Bonchev–Trinajstić information content (AvgIpc) is 2.30. The average molecular weight is 222 g/mol. The molecular weight excluding hydrogens is 208 g/mol. The maximum Gasteiger partial charge on any atom is 0.269 e. The third kappa shape index (κ3) is 3.05. The van der Waals surface area contributed by atoms with E-state index in [-0.39, 0.29) is 5.69 Å². The molecule has 1 N–H and O–H groups in total. The standard InChI is InChI=1S/C11H14N2O3/c1-2-3-4-11(12-14)9-5-7-10(8-6-9)13(15)16/h5-8,14H,2-4H2,1H3. The fraction of sp³-hybridized carbons (Fsp3) is 0.364. The molecule has 1 aromatic carbocycles. The minimum atomic E-state index is -0.453. The molecule has 16 heavy (non-hydrogen) atoms. The number of unbranched alkanes of at least 4 members (excludes halogenated alkanes) is 1. The lowest BCUT2D eigenvalue weighted by Crippen LogP contribution is -2.01. The van der Waals surface area contributed by atoms with Crippen LogP contribution in [0.5, 0.6) is 0 Å². The third-order valence-corrected chi connectivity index (χ3v) is 2.30. The fourth-order valence-corrected chi connectivity index (χ4v) is 1.37. The summed E-state index contributed by atoms with van der Waals surface area (Å²) in [6, 6.07) is 6.02. The van der Waals surface area contributed by atoms with Crippen molar-refractivity contribution in [2.75, 3.05) is 0 Å².